The number of hydrogen-bond donors (Lipinski definition) is 1. The third-order valence-electron chi connectivity index (χ3n) is 2.94. The first-order valence-corrected chi connectivity index (χ1v) is 5.59. The van der Waals surface area contributed by atoms with Gasteiger partial charge in [0, 0.05) is 0 Å². The molecule has 2 aromatic carbocycles. The third kappa shape index (κ3) is 2.25. The standard InChI is InChI=1S/C15H13FO2/c1-9-6-10(2)14(15(17)18)8-13(9)11-4-3-5-12(16)7-11/h3-8H,1-2H3,(H,17,18). The lowest BCUT2D eigenvalue weighted by Gasteiger charge is -2.10. The van der Waals surface area contributed by atoms with E-state index in [9.17, 15) is 9.18 Å². The van der Waals surface area contributed by atoms with E-state index in [0.29, 0.717) is 11.1 Å². The van der Waals surface area contributed by atoms with Crippen molar-refractivity contribution in [1.29, 1.82) is 0 Å². The minimum Gasteiger partial charge on any atom is -0.478 e. The van der Waals surface area contributed by atoms with Crippen LogP contribution >= 0.6 is 0 Å². The summed E-state index contributed by atoms with van der Waals surface area (Å²) in [5.74, 6) is -1.30. The van der Waals surface area contributed by atoms with Gasteiger partial charge in [0.25, 0.3) is 0 Å². The highest BCUT2D eigenvalue weighted by Crippen LogP contribution is 2.27. The van der Waals surface area contributed by atoms with Crippen LogP contribution in [0.2, 0.25) is 0 Å². The molecule has 0 radical (unpaired) electrons. The number of hydrogen-bond acceptors (Lipinski definition) is 1. The minimum atomic E-state index is -0.967. The molecule has 0 heterocycles. The average molecular weight is 244 g/mol. The van der Waals surface area contributed by atoms with Crippen LogP contribution in [0.3, 0.4) is 0 Å². The molecule has 3 heteroatoms. The smallest absolute Gasteiger partial charge is 0.335 e. The van der Waals surface area contributed by atoms with Gasteiger partial charge in [-0.15, -0.1) is 0 Å². The van der Waals surface area contributed by atoms with Crippen LogP contribution in [-0.2, 0) is 0 Å². The molecular weight excluding hydrogens is 231 g/mol. The van der Waals surface area contributed by atoms with Crippen LogP contribution in [0.25, 0.3) is 11.1 Å². The summed E-state index contributed by atoms with van der Waals surface area (Å²) in [4.78, 5) is 11.1. The van der Waals surface area contributed by atoms with Crippen LogP contribution in [0.4, 0.5) is 4.39 Å². The maximum Gasteiger partial charge on any atom is 0.335 e. The normalized spacial score (nSPS) is 10.4. The number of aromatic carboxylic acids is 1. The lowest BCUT2D eigenvalue weighted by Crippen LogP contribution is -2.01. The van der Waals surface area contributed by atoms with E-state index in [1.807, 2.05) is 13.0 Å². The van der Waals surface area contributed by atoms with Gasteiger partial charge in [-0.25, -0.2) is 9.18 Å². The first-order chi connectivity index (χ1) is 8.49. The maximum absolute atomic E-state index is 13.2. The van der Waals surface area contributed by atoms with Gasteiger partial charge in [-0.1, -0.05) is 18.2 Å². The molecule has 0 spiro atoms. The van der Waals surface area contributed by atoms with E-state index in [1.54, 1.807) is 25.1 Å². The van der Waals surface area contributed by atoms with Crippen molar-refractivity contribution in [2.24, 2.45) is 0 Å². The highest BCUT2D eigenvalue weighted by molar-refractivity contribution is 5.91. The number of halogens is 1. The summed E-state index contributed by atoms with van der Waals surface area (Å²) in [5.41, 5.74) is 3.33. The topological polar surface area (TPSA) is 37.3 Å². The zero-order valence-corrected chi connectivity index (χ0v) is 10.2. The molecule has 2 rings (SSSR count). The van der Waals surface area contributed by atoms with Crippen molar-refractivity contribution >= 4 is 5.97 Å². The molecule has 1 N–H and O–H groups in total. The number of benzene rings is 2. The summed E-state index contributed by atoms with van der Waals surface area (Å²) in [6.07, 6.45) is 0. The monoisotopic (exact) mass is 244 g/mol. The Morgan fingerprint density at radius 2 is 1.83 bits per heavy atom. The summed E-state index contributed by atoms with van der Waals surface area (Å²) in [5, 5.41) is 9.11. The van der Waals surface area contributed by atoms with Crippen molar-refractivity contribution in [3.05, 3.63) is 58.9 Å². The molecule has 0 bridgehead atoms. The van der Waals surface area contributed by atoms with Crippen LogP contribution in [0.1, 0.15) is 21.5 Å². The van der Waals surface area contributed by atoms with Gasteiger partial charge in [-0.05, 0) is 54.3 Å². The van der Waals surface area contributed by atoms with Gasteiger partial charge in [0.2, 0.25) is 0 Å². The van der Waals surface area contributed by atoms with E-state index in [4.69, 9.17) is 5.11 Å². The molecule has 0 saturated heterocycles. The van der Waals surface area contributed by atoms with E-state index >= 15 is 0 Å². The maximum atomic E-state index is 13.2. The largest absolute Gasteiger partial charge is 0.478 e. The molecular formula is C15H13FO2. The van der Waals surface area contributed by atoms with Crippen molar-refractivity contribution < 1.29 is 14.3 Å². The van der Waals surface area contributed by atoms with Crippen LogP contribution in [0, 0.1) is 19.7 Å². The summed E-state index contributed by atoms with van der Waals surface area (Å²) in [6.45, 7) is 3.64. The van der Waals surface area contributed by atoms with Crippen molar-refractivity contribution in [2.45, 2.75) is 13.8 Å². The highest BCUT2D eigenvalue weighted by Gasteiger charge is 2.11. The van der Waals surface area contributed by atoms with Gasteiger partial charge in [0.1, 0.15) is 5.82 Å². The van der Waals surface area contributed by atoms with E-state index in [1.165, 1.54) is 12.1 Å². The van der Waals surface area contributed by atoms with Gasteiger partial charge in [-0.3, -0.25) is 0 Å². The Morgan fingerprint density at radius 3 is 2.44 bits per heavy atom. The van der Waals surface area contributed by atoms with Gasteiger partial charge in [-0.2, -0.15) is 0 Å². The molecule has 0 amide bonds. The second-order valence-electron chi connectivity index (χ2n) is 4.30. The van der Waals surface area contributed by atoms with E-state index in [2.05, 4.69) is 0 Å². The van der Waals surface area contributed by atoms with Crippen molar-refractivity contribution in [3.63, 3.8) is 0 Å². The second-order valence-corrected chi connectivity index (χ2v) is 4.30. The molecule has 0 aromatic heterocycles. The fourth-order valence-electron chi connectivity index (χ4n) is 2.05. The molecule has 0 aliphatic carbocycles. The first-order valence-electron chi connectivity index (χ1n) is 5.59. The number of carbonyl (C=O) groups is 1. The van der Waals surface area contributed by atoms with E-state index < -0.39 is 5.97 Å². The Hall–Kier alpha value is -2.16. The SMILES string of the molecule is Cc1cc(C)c(-c2cccc(F)c2)cc1C(=O)O. The number of carboxylic acid groups (broad SMARTS) is 1. The fourth-order valence-corrected chi connectivity index (χ4v) is 2.05. The Labute approximate surface area is 105 Å². The summed E-state index contributed by atoms with van der Waals surface area (Å²) >= 11 is 0. The number of aryl methyl sites for hydroxylation is 2. The lowest BCUT2D eigenvalue weighted by atomic mass is 9.95. The van der Waals surface area contributed by atoms with Gasteiger partial charge < -0.3 is 5.11 Å². The molecule has 0 atom stereocenters. The van der Waals surface area contributed by atoms with Crippen molar-refractivity contribution in [2.75, 3.05) is 0 Å². The average Bonchev–Trinajstić information content (AvgIpc) is 2.28. The zero-order valence-electron chi connectivity index (χ0n) is 10.2. The lowest BCUT2D eigenvalue weighted by molar-refractivity contribution is 0.0696. The van der Waals surface area contributed by atoms with Crippen LogP contribution in [0.15, 0.2) is 36.4 Å². The van der Waals surface area contributed by atoms with E-state index in [0.717, 1.165) is 11.1 Å². The zero-order chi connectivity index (χ0) is 13.3. The number of carboxylic acids is 1. The summed E-state index contributed by atoms with van der Waals surface area (Å²) in [6, 6.07) is 9.57. The highest BCUT2D eigenvalue weighted by atomic mass is 19.1. The summed E-state index contributed by atoms with van der Waals surface area (Å²) in [7, 11) is 0. The number of rotatable bonds is 2. The molecule has 2 nitrogen and oxygen atoms in total. The van der Waals surface area contributed by atoms with Crippen LogP contribution in [-0.4, -0.2) is 11.1 Å². The van der Waals surface area contributed by atoms with Gasteiger partial charge in [0.05, 0.1) is 5.56 Å². The van der Waals surface area contributed by atoms with Gasteiger partial charge in [0.15, 0.2) is 0 Å². The predicted octanol–water partition coefficient (Wildman–Crippen LogP) is 3.81. The van der Waals surface area contributed by atoms with Crippen LogP contribution < -0.4 is 0 Å². The third-order valence-corrected chi connectivity index (χ3v) is 2.94. The molecule has 0 saturated carbocycles. The second kappa shape index (κ2) is 4.61. The molecule has 0 aliphatic rings. The molecule has 0 unspecified atom stereocenters. The molecule has 2 aromatic rings. The molecule has 92 valence electrons. The Kier molecular flexibility index (Phi) is 3.15. The van der Waals surface area contributed by atoms with Crippen molar-refractivity contribution in [3.8, 4) is 11.1 Å². The minimum absolute atomic E-state index is 0.250. The van der Waals surface area contributed by atoms with Crippen molar-refractivity contribution in [1.82, 2.24) is 0 Å². The quantitative estimate of drug-likeness (QED) is 0.872. The fraction of sp³-hybridized carbons (Fsp3) is 0.133. The molecule has 0 fully saturated rings. The van der Waals surface area contributed by atoms with Crippen LogP contribution in [0.5, 0.6) is 0 Å². The molecule has 18 heavy (non-hydrogen) atoms. The Balaban J connectivity index is 2.64. The predicted molar refractivity (Wildman–Crippen MR) is 68.3 cm³/mol. The summed E-state index contributed by atoms with van der Waals surface area (Å²) < 4.78 is 13.2. The Bertz CT molecular complexity index is 618. The van der Waals surface area contributed by atoms with Gasteiger partial charge >= 0.3 is 5.97 Å². The van der Waals surface area contributed by atoms with E-state index in [-0.39, 0.29) is 11.4 Å². The Morgan fingerprint density at radius 1 is 1.11 bits per heavy atom. The first kappa shape index (κ1) is 12.3. The molecule has 0 aliphatic heterocycles.